The second-order valence-corrected chi connectivity index (χ2v) is 7.37. The Balaban J connectivity index is 1.83. The number of carbonyl (C=O) groups is 1. The van der Waals surface area contributed by atoms with Crippen LogP contribution in [-0.4, -0.2) is 17.5 Å². The fourth-order valence-electron chi connectivity index (χ4n) is 3.04. The van der Waals surface area contributed by atoms with Crippen molar-refractivity contribution in [3.63, 3.8) is 0 Å². The van der Waals surface area contributed by atoms with E-state index in [9.17, 15) is 4.79 Å². The van der Waals surface area contributed by atoms with Gasteiger partial charge in [0.25, 0.3) is 0 Å². The topological polar surface area (TPSA) is 31.2 Å². The molecule has 2 aromatic heterocycles. The van der Waals surface area contributed by atoms with Crippen molar-refractivity contribution in [1.82, 2.24) is 4.57 Å². The molecule has 0 unspecified atom stereocenters. The number of aromatic nitrogens is 1. The molecule has 5 heteroatoms. The first-order valence-electron chi connectivity index (χ1n) is 8.15. The Kier molecular flexibility index (Phi) is 4.53. The first-order valence-corrected chi connectivity index (χ1v) is 9.41. The number of thiophene rings is 1. The average molecular weight is 382 g/mol. The first-order chi connectivity index (χ1) is 12.7. The van der Waals surface area contributed by atoms with Gasteiger partial charge < -0.3 is 9.30 Å². The lowest BCUT2D eigenvalue weighted by molar-refractivity contribution is 0.104. The van der Waals surface area contributed by atoms with E-state index in [4.69, 9.17) is 16.3 Å². The standard InChI is InChI=1S/C21H16ClNO2S/c1-25-16-8-9-19-17(11-16)18(21(24)20-3-2-10-26-20)13-23(19)12-14-4-6-15(22)7-5-14/h2-11,13H,12H2,1H3. The summed E-state index contributed by atoms with van der Waals surface area (Å²) in [5.74, 6) is 0.773. The highest BCUT2D eigenvalue weighted by molar-refractivity contribution is 7.12. The van der Waals surface area contributed by atoms with Gasteiger partial charge in [0, 0.05) is 34.2 Å². The highest BCUT2D eigenvalue weighted by Gasteiger charge is 2.18. The largest absolute Gasteiger partial charge is 0.497 e. The van der Waals surface area contributed by atoms with Crippen LogP contribution in [0.3, 0.4) is 0 Å². The van der Waals surface area contributed by atoms with Gasteiger partial charge in [0.05, 0.1) is 12.0 Å². The number of ether oxygens (including phenoxy) is 1. The van der Waals surface area contributed by atoms with Gasteiger partial charge in [-0.3, -0.25) is 4.79 Å². The Labute approximate surface area is 160 Å². The third-order valence-corrected chi connectivity index (χ3v) is 5.46. The van der Waals surface area contributed by atoms with Gasteiger partial charge in [0.2, 0.25) is 5.78 Å². The normalized spacial score (nSPS) is 11.0. The van der Waals surface area contributed by atoms with Crippen LogP contribution in [0.2, 0.25) is 5.02 Å². The molecule has 0 aliphatic rings. The minimum atomic E-state index is 0.0353. The summed E-state index contributed by atoms with van der Waals surface area (Å²) in [5.41, 5.74) is 2.81. The van der Waals surface area contributed by atoms with Gasteiger partial charge in [0.1, 0.15) is 5.75 Å². The molecule has 0 amide bonds. The van der Waals surface area contributed by atoms with Crippen molar-refractivity contribution in [2.45, 2.75) is 6.54 Å². The Hall–Kier alpha value is -2.56. The molecule has 0 radical (unpaired) electrons. The molecule has 3 nitrogen and oxygen atoms in total. The van der Waals surface area contributed by atoms with E-state index in [-0.39, 0.29) is 5.78 Å². The van der Waals surface area contributed by atoms with Gasteiger partial charge in [0.15, 0.2) is 0 Å². The molecule has 0 saturated carbocycles. The number of carbonyl (C=O) groups excluding carboxylic acids is 1. The molecule has 0 aliphatic carbocycles. The maximum atomic E-state index is 13.0. The lowest BCUT2D eigenvalue weighted by Gasteiger charge is -2.06. The highest BCUT2D eigenvalue weighted by atomic mass is 35.5. The summed E-state index contributed by atoms with van der Waals surface area (Å²) >= 11 is 7.44. The summed E-state index contributed by atoms with van der Waals surface area (Å²) in [6.45, 7) is 0.664. The molecule has 2 aromatic carbocycles. The van der Waals surface area contributed by atoms with Gasteiger partial charge >= 0.3 is 0 Å². The van der Waals surface area contributed by atoms with Crippen LogP contribution in [0.4, 0.5) is 0 Å². The summed E-state index contributed by atoms with van der Waals surface area (Å²) in [5, 5.41) is 3.53. The Morgan fingerprint density at radius 3 is 2.65 bits per heavy atom. The smallest absolute Gasteiger partial charge is 0.205 e. The molecule has 0 atom stereocenters. The molecule has 2 heterocycles. The zero-order valence-electron chi connectivity index (χ0n) is 14.1. The molecule has 26 heavy (non-hydrogen) atoms. The Morgan fingerprint density at radius 2 is 1.96 bits per heavy atom. The molecule has 0 bridgehead atoms. The SMILES string of the molecule is COc1ccc2c(c1)c(C(=O)c1cccs1)cn2Cc1ccc(Cl)cc1. The van der Waals surface area contributed by atoms with Crippen LogP contribution in [0, 0.1) is 0 Å². The number of hydrogen-bond acceptors (Lipinski definition) is 3. The number of hydrogen-bond donors (Lipinski definition) is 0. The van der Waals surface area contributed by atoms with Crippen molar-refractivity contribution in [3.05, 3.63) is 87.2 Å². The van der Waals surface area contributed by atoms with Crippen LogP contribution in [0.5, 0.6) is 5.75 Å². The molecule has 0 spiro atoms. The summed E-state index contributed by atoms with van der Waals surface area (Å²) in [4.78, 5) is 13.7. The highest BCUT2D eigenvalue weighted by Crippen LogP contribution is 2.29. The number of methoxy groups -OCH3 is 1. The van der Waals surface area contributed by atoms with Crippen molar-refractivity contribution < 1.29 is 9.53 Å². The van der Waals surface area contributed by atoms with E-state index in [1.807, 2.05) is 66.2 Å². The van der Waals surface area contributed by atoms with Crippen LogP contribution in [-0.2, 0) is 6.54 Å². The predicted molar refractivity (Wildman–Crippen MR) is 107 cm³/mol. The fourth-order valence-corrected chi connectivity index (χ4v) is 3.85. The van der Waals surface area contributed by atoms with E-state index in [2.05, 4.69) is 4.57 Å². The maximum Gasteiger partial charge on any atom is 0.205 e. The molecular formula is C21H16ClNO2S. The summed E-state index contributed by atoms with van der Waals surface area (Å²) in [6.07, 6.45) is 1.93. The zero-order valence-corrected chi connectivity index (χ0v) is 15.7. The van der Waals surface area contributed by atoms with E-state index in [1.165, 1.54) is 11.3 Å². The van der Waals surface area contributed by atoms with Crippen molar-refractivity contribution in [2.24, 2.45) is 0 Å². The summed E-state index contributed by atoms with van der Waals surface area (Å²) < 4.78 is 7.45. The van der Waals surface area contributed by atoms with Crippen molar-refractivity contribution in [3.8, 4) is 5.75 Å². The molecule has 0 fully saturated rings. The number of benzene rings is 2. The minimum Gasteiger partial charge on any atom is -0.497 e. The number of rotatable bonds is 5. The van der Waals surface area contributed by atoms with Gasteiger partial charge in [-0.05, 0) is 47.3 Å². The van der Waals surface area contributed by atoms with E-state index in [0.29, 0.717) is 17.1 Å². The van der Waals surface area contributed by atoms with Gasteiger partial charge in [-0.25, -0.2) is 0 Å². The van der Waals surface area contributed by atoms with E-state index >= 15 is 0 Å². The van der Waals surface area contributed by atoms with Crippen LogP contribution in [0.15, 0.2) is 66.2 Å². The van der Waals surface area contributed by atoms with Gasteiger partial charge in [-0.15, -0.1) is 11.3 Å². The molecule has 0 aliphatic heterocycles. The fraction of sp³-hybridized carbons (Fsp3) is 0.0952. The lowest BCUT2D eigenvalue weighted by atomic mass is 10.1. The van der Waals surface area contributed by atoms with Crippen molar-refractivity contribution in [2.75, 3.05) is 7.11 Å². The monoisotopic (exact) mass is 381 g/mol. The molecule has 4 rings (SSSR count). The molecule has 0 saturated heterocycles. The molecule has 130 valence electrons. The van der Waals surface area contributed by atoms with Crippen molar-refractivity contribution >= 4 is 39.6 Å². The number of nitrogens with zero attached hydrogens (tertiary/aromatic N) is 1. The van der Waals surface area contributed by atoms with Crippen LogP contribution in [0.25, 0.3) is 10.9 Å². The third kappa shape index (κ3) is 3.14. The molecular weight excluding hydrogens is 366 g/mol. The third-order valence-electron chi connectivity index (χ3n) is 4.34. The number of ketones is 1. The van der Waals surface area contributed by atoms with Gasteiger partial charge in [-0.1, -0.05) is 29.8 Å². The Bertz CT molecular complexity index is 1070. The first kappa shape index (κ1) is 16.9. The van der Waals surface area contributed by atoms with E-state index in [0.717, 1.165) is 27.1 Å². The van der Waals surface area contributed by atoms with Crippen molar-refractivity contribution in [1.29, 1.82) is 0 Å². The quantitative estimate of drug-likeness (QED) is 0.418. The second-order valence-electron chi connectivity index (χ2n) is 5.99. The minimum absolute atomic E-state index is 0.0353. The van der Waals surface area contributed by atoms with E-state index in [1.54, 1.807) is 7.11 Å². The van der Waals surface area contributed by atoms with Crippen LogP contribution in [0.1, 0.15) is 20.8 Å². The van der Waals surface area contributed by atoms with Crippen LogP contribution >= 0.6 is 22.9 Å². The molecule has 4 aromatic rings. The lowest BCUT2D eigenvalue weighted by Crippen LogP contribution is -1.99. The summed E-state index contributed by atoms with van der Waals surface area (Å²) in [6, 6.07) is 17.3. The van der Waals surface area contributed by atoms with Gasteiger partial charge in [-0.2, -0.15) is 0 Å². The van der Waals surface area contributed by atoms with E-state index < -0.39 is 0 Å². The number of halogens is 1. The zero-order chi connectivity index (χ0) is 18.1. The number of fused-ring (bicyclic) bond motifs is 1. The van der Waals surface area contributed by atoms with Crippen LogP contribution < -0.4 is 4.74 Å². The maximum absolute atomic E-state index is 13.0. The Morgan fingerprint density at radius 1 is 1.15 bits per heavy atom. The summed E-state index contributed by atoms with van der Waals surface area (Å²) in [7, 11) is 1.63. The molecule has 0 N–H and O–H groups in total. The second kappa shape index (κ2) is 6.98. The average Bonchev–Trinajstić information content (AvgIpc) is 3.31. The predicted octanol–water partition coefficient (Wildman–Crippen LogP) is 5.64.